The molecule has 0 amide bonds. The Bertz CT molecular complexity index is 845. The highest BCUT2D eigenvalue weighted by atomic mass is 31.2. The number of nitrogens with one attached hydrogen (secondary N) is 1. The van der Waals surface area contributed by atoms with Crippen LogP contribution in [-0.4, -0.2) is 12.9 Å². The van der Waals surface area contributed by atoms with E-state index in [1.54, 1.807) is 31.2 Å². The third-order valence-corrected chi connectivity index (χ3v) is 5.84. The molecule has 0 bridgehead atoms. The van der Waals surface area contributed by atoms with Crippen LogP contribution < -0.4 is 9.84 Å². The van der Waals surface area contributed by atoms with Gasteiger partial charge in [-0.05, 0) is 24.6 Å². The first kappa shape index (κ1) is 16.5. The first-order chi connectivity index (χ1) is 11.5. The molecule has 0 fully saturated rings. The lowest BCUT2D eigenvalue weighted by Gasteiger charge is -2.27. The zero-order valence-corrected chi connectivity index (χ0v) is 14.4. The van der Waals surface area contributed by atoms with Gasteiger partial charge in [-0.2, -0.15) is 0 Å². The Morgan fingerprint density at radius 3 is 2.50 bits per heavy atom. The molecule has 1 heterocycles. The molecule has 24 heavy (non-hydrogen) atoms. The summed E-state index contributed by atoms with van der Waals surface area (Å²) < 4.78 is 23.6. The second kappa shape index (κ2) is 6.63. The molecule has 2 aromatic rings. The van der Waals surface area contributed by atoms with Crippen LogP contribution >= 0.6 is 7.60 Å². The molecule has 1 unspecified atom stereocenters. The largest absolute Gasteiger partial charge is 0.420 e. The quantitative estimate of drug-likeness (QED) is 0.668. The maximum atomic E-state index is 13.0. The van der Waals surface area contributed by atoms with Crippen LogP contribution in [0, 0.1) is 0 Å². The lowest BCUT2D eigenvalue weighted by molar-refractivity contribution is 0.102. The topological polar surface area (TPSA) is 64.6 Å². The van der Waals surface area contributed by atoms with Gasteiger partial charge in [-0.1, -0.05) is 42.5 Å². The first-order valence-electron chi connectivity index (χ1n) is 7.53. The SMILES string of the molecule is COP1(=O)Oc2ccccc2C(=O)/C1=C(/C)NCc1ccccc1. The molecule has 1 aliphatic heterocycles. The number of carbonyl (C=O) groups is 1. The molecule has 0 saturated carbocycles. The molecule has 0 radical (unpaired) electrons. The van der Waals surface area contributed by atoms with Gasteiger partial charge < -0.3 is 9.84 Å². The number of hydrogen-bond donors (Lipinski definition) is 1. The second-order valence-corrected chi connectivity index (χ2v) is 7.40. The molecule has 0 saturated heterocycles. The minimum atomic E-state index is -3.70. The molecule has 1 aliphatic rings. The maximum Gasteiger partial charge on any atom is 0.416 e. The predicted molar refractivity (Wildman–Crippen MR) is 92.0 cm³/mol. The Balaban J connectivity index is 1.97. The van der Waals surface area contributed by atoms with Gasteiger partial charge in [-0.25, -0.2) is 4.57 Å². The van der Waals surface area contributed by atoms with Gasteiger partial charge in [0, 0.05) is 19.4 Å². The fourth-order valence-corrected chi connectivity index (χ4v) is 4.20. The van der Waals surface area contributed by atoms with Gasteiger partial charge in [0.05, 0.1) is 5.56 Å². The predicted octanol–water partition coefficient (Wildman–Crippen LogP) is 4.12. The Labute approximate surface area is 140 Å². The number of rotatable bonds is 4. The zero-order valence-electron chi connectivity index (χ0n) is 13.5. The molecule has 0 aromatic heterocycles. The fourth-order valence-electron chi connectivity index (χ4n) is 2.58. The first-order valence-corrected chi connectivity index (χ1v) is 9.08. The molecule has 124 valence electrons. The van der Waals surface area contributed by atoms with Crippen molar-refractivity contribution in [3.8, 4) is 5.75 Å². The number of benzene rings is 2. The minimum Gasteiger partial charge on any atom is -0.420 e. The number of allylic oxidation sites excluding steroid dienone is 2. The van der Waals surface area contributed by atoms with Crippen molar-refractivity contribution in [3.63, 3.8) is 0 Å². The summed E-state index contributed by atoms with van der Waals surface area (Å²) in [5.74, 6) is -0.0487. The molecule has 0 spiro atoms. The van der Waals surface area contributed by atoms with E-state index in [1.807, 2.05) is 30.3 Å². The van der Waals surface area contributed by atoms with E-state index in [1.165, 1.54) is 7.11 Å². The summed E-state index contributed by atoms with van der Waals surface area (Å²) in [6, 6.07) is 16.5. The number of carbonyl (C=O) groups excluding carboxylic acids is 1. The van der Waals surface area contributed by atoms with Gasteiger partial charge >= 0.3 is 7.60 Å². The molecule has 1 N–H and O–H groups in total. The number of Topliss-reactive ketones (excluding diaryl/α,β-unsaturated/α-hetero) is 1. The number of fused-ring (bicyclic) bond motifs is 1. The monoisotopic (exact) mass is 343 g/mol. The van der Waals surface area contributed by atoms with E-state index < -0.39 is 7.60 Å². The van der Waals surface area contributed by atoms with Crippen molar-refractivity contribution < 1.29 is 18.4 Å². The smallest absolute Gasteiger partial charge is 0.416 e. The zero-order chi connectivity index (χ0) is 17.2. The summed E-state index contributed by atoms with van der Waals surface area (Å²) in [5.41, 5.74) is 1.93. The summed E-state index contributed by atoms with van der Waals surface area (Å²) in [6.45, 7) is 2.22. The summed E-state index contributed by atoms with van der Waals surface area (Å²) in [4.78, 5) is 12.8. The van der Waals surface area contributed by atoms with Crippen molar-refractivity contribution in [2.75, 3.05) is 7.11 Å². The van der Waals surface area contributed by atoms with E-state index in [2.05, 4.69) is 5.32 Å². The average Bonchev–Trinajstić information content (AvgIpc) is 2.61. The molecule has 3 rings (SSSR count). The Morgan fingerprint density at radius 1 is 1.12 bits per heavy atom. The Morgan fingerprint density at radius 2 is 1.79 bits per heavy atom. The molecule has 0 aliphatic carbocycles. The van der Waals surface area contributed by atoms with Gasteiger partial charge in [0.25, 0.3) is 0 Å². The molecule has 2 aromatic carbocycles. The Kier molecular flexibility index (Phi) is 4.56. The van der Waals surface area contributed by atoms with Gasteiger partial charge in [0.2, 0.25) is 5.78 Å². The van der Waals surface area contributed by atoms with Crippen LogP contribution in [-0.2, 0) is 15.6 Å². The highest BCUT2D eigenvalue weighted by Gasteiger charge is 2.43. The van der Waals surface area contributed by atoms with Crippen LogP contribution in [0.25, 0.3) is 0 Å². The van der Waals surface area contributed by atoms with Crippen LogP contribution in [0.5, 0.6) is 5.75 Å². The summed E-state index contributed by atoms with van der Waals surface area (Å²) in [5, 5.41) is 3.20. The summed E-state index contributed by atoms with van der Waals surface area (Å²) in [7, 11) is -2.42. The van der Waals surface area contributed by atoms with E-state index >= 15 is 0 Å². The second-order valence-electron chi connectivity index (χ2n) is 5.41. The molecular weight excluding hydrogens is 325 g/mol. The van der Waals surface area contributed by atoms with Gasteiger partial charge in [-0.3, -0.25) is 9.32 Å². The van der Waals surface area contributed by atoms with Crippen molar-refractivity contribution in [1.29, 1.82) is 0 Å². The molecule has 1 atom stereocenters. The van der Waals surface area contributed by atoms with Crippen molar-refractivity contribution in [2.24, 2.45) is 0 Å². The summed E-state index contributed by atoms with van der Waals surface area (Å²) >= 11 is 0. The van der Waals surface area contributed by atoms with Crippen molar-refractivity contribution in [1.82, 2.24) is 5.32 Å². The van der Waals surface area contributed by atoms with Gasteiger partial charge in [0.1, 0.15) is 11.1 Å². The maximum absolute atomic E-state index is 13.0. The van der Waals surface area contributed by atoms with E-state index in [4.69, 9.17) is 9.05 Å². The molecular formula is C18H18NO4P. The highest BCUT2D eigenvalue weighted by Crippen LogP contribution is 2.60. The average molecular weight is 343 g/mol. The number of ketones is 1. The van der Waals surface area contributed by atoms with Crippen LogP contribution in [0.15, 0.2) is 65.6 Å². The normalized spacial score (nSPS) is 21.7. The van der Waals surface area contributed by atoms with E-state index in [0.29, 0.717) is 17.8 Å². The lowest BCUT2D eigenvalue weighted by atomic mass is 10.1. The molecule has 6 heteroatoms. The van der Waals surface area contributed by atoms with Gasteiger partial charge in [0.15, 0.2) is 0 Å². The van der Waals surface area contributed by atoms with Crippen LogP contribution in [0.3, 0.4) is 0 Å². The number of para-hydroxylation sites is 1. The van der Waals surface area contributed by atoms with Crippen molar-refractivity contribution in [2.45, 2.75) is 13.5 Å². The fraction of sp³-hybridized carbons (Fsp3) is 0.167. The van der Waals surface area contributed by atoms with Crippen molar-refractivity contribution in [3.05, 3.63) is 76.7 Å². The van der Waals surface area contributed by atoms with Crippen LogP contribution in [0.2, 0.25) is 0 Å². The van der Waals surface area contributed by atoms with Crippen molar-refractivity contribution >= 4 is 13.4 Å². The van der Waals surface area contributed by atoms with E-state index in [9.17, 15) is 9.36 Å². The Hall–Kier alpha value is -2.36. The lowest BCUT2D eigenvalue weighted by Crippen LogP contribution is -2.22. The van der Waals surface area contributed by atoms with Crippen LogP contribution in [0.4, 0.5) is 0 Å². The minimum absolute atomic E-state index is 0.0552. The molecule has 5 nitrogen and oxygen atoms in total. The number of hydrogen-bond acceptors (Lipinski definition) is 5. The highest BCUT2D eigenvalue weighted by molar-refractivity contribution is 7.60. The standard InChI is InChI=1S/C18H18NO4P/c1-13(19-12-14-8-4-3-5-9-14)18-17(20)15-10-6-7-11-16(15)23-24(18,21)22-2/h3-11,19H,12H2,1-2H3/b18-13+. The third-order valence-electron chi connectivity index (χ3n) is 3.84. The van der Waals surface area contributed by atoms with E-state index in [-0.39, 0.29) is 16.8 Å². The van der Waals surface area contributed by atoms with Crippen LogP contribution in [0.1, 0.15) is 22.8 Å². The summed E-state index contributed by atoms with van der Waals surface area (Å²) in [6.07, 6.45) is 0. The van der Waals surface area contributed by atoms with E-state index in [0.717, 1.165) is 5.56 Å². The van der Waals surface area contributed by atoms with Gasteiger partial charge in [-0.15, -0.1) is 0 Å². The third kappa shape index (κ3) is 3.01.